The fraction of sp³-hybridized carbons (Fsp3) is 0.375. The highest BCUT2D eigenvalue weighted by molar-refractivity contribution is 6.06. The molecular formula is C16H18N2O2. The molecule has 1 aliphatic rings. The first kappa shape index (κ1) is 12.9. The van der Waals surface area contributed by atoms with Crippen LogP contribution in [0.2, 0.25) is 0 Å². The van der Waals surface area contributed by atoms with Gasteiger partial charge in [-0.2, -0.15) is 0 Å². The lowest BCUT2D eigenvalue weighted by molar-refractivity contribution is 0.0699. The molecule has 3 rings (SSSR count). The molecule has 4 heteroatoms. The van der Waals surface area contributed by atoms with Crippen LogP contribution in [0.1, 0.15) is 36.0 Å². The van der Waals surface area contributed by atoms with Crippen molar-refractivity contribution >= 4 is 22.6 Å². The minimum Gasteiger partial charge on any atom is -0.478 e. The molecule has 1 aromatic heterocycles. The average molecular weight is 270 g/mol. The Hall–Kier alpha value is -2.10. The normalized spacial score (nSPS) is 16.1. The van der Waals surface area contributed by atoms with E-state index in [4.69, 9.17) is 0 Å². The Morgan fingerprint density at radius 2 is 1.80 bits per heavy atom. The smallest absolute Gasteiger partial charge is 0.336 e. The Kier molecular flexibility index (Phi) is 3.54. The van der Waals surface area contributed by atoms with E-state index in [-0.39, 0.29) is 0 Å². The SMILES string of the molecule is O=C(O)c1cccc2c(N3CCCCCC3)nccc12. The number of hydrogen-bond donors (Lipinski definition) is 1. The first-order valence-electron chi connectivity index (χ1n) is 7.13. The molecule has 20 heavy (non-hydrogen) atoms. The highest BCUT2D eigenvalue weighted by atomic mass is 16.4. The van der Waals surface area contributed by atoms with E-state index in [1.807, 2.05) is 6.07 Å². The molecule has 1 fully saturated rings. The van der Waals surface area contributed by atoms with Gasteiger partial charge in [0.1, 0.15) is 5.82 Å². The van der Waals surface area contributed by atoms with Crippen LogP contribution < -0.4 is 4.90 Å². The van der Waals surface area contributed by atoms with Gasteiger partial charge in [-0.25, -0.2) is 9.78 Å². The van der Waals surface area contributed by atoms with Gasteiger partial charge in [0, 0.05) is 30.1 Å². The molecule has 0 spiro atoms. The zero-order valence-corrected chi connectivity index (χ0v) is 11.4. The third-order valence-corrected chi connectivity index (χ3v) is 3.92. The van der Waals surface area contributed by atoms with Crippen LogP contribution in [-0.4, -0.2) is 29.1 Å². The number of anilines is 1. The van der Waals surface area contributed by atoms with Gasteiger partial charge < -0.3 is 10.0 Å². The van der Waals surface area contributed by atoms with Gasteiger partial charge in [-0.3, -0.25) is 0 Å². The van der Waals surface area contributed by atoms with E-state index in [1.54, 1.807) is 24.4 Å². The molecule has 4 nitrogen and oxygen atoms in total. The van der Waals surface area contributed by atoms with Crippen molar-refractivity contribution in [1.29, 1.82) is 0 Å². The summed E-state index contributed by atoms with van der Waals surface area (Å²) in [6, 6.07) is 7.21. The lowest BCUT2D eigenvalue weighted by Crippen LogP contribution is -2.25. The molecule has 0 bridgehead atoms. The number of benzene rings is 1. The minimum absolute atomic E-state index is 0.348. The summed E-state index contributed by atoms with van der Waals surface area (Å²) < 4.78 is 0. The molecule has 1 saturated heterocycles. The Morgan fingerprint density at radius 1 is 1.05 bits per heavy atom. The van der Waals surface area contributed by atoms with Crippen molar-refractivity contribution in [3.8, 4) is 0 Å². The number of aromatic nitrogens is 1. The molecule has 1 aliphatic heterocycles. The third kappa shape index (κ3) is 2.33. The van der Waals surface area contributed by atoms with Gasteiger partial charge in [0.05, 0.1) is 5.56 Å². The lowest BCUT2D eigenvalue weighted by atomic mass is 10.1. The van der Waals surface area contributed by atoms with Crippen molar-refractivity contribution in [3.05, 3.63) is 36.0 Å². The summed E-state index contributed by atoms with van der Waals surface area (Å²) >= 11 is 0. The summed E-state index contributed by atoms with van der Waals surface area (Å²) in [6.07, 6.45) is 6.60. The maximum Gasteiger partial charge on any atom is 0.336 e. The molecule has 2 aromatic rings. The van der Waals surface area contributed by atoms with E-state index in [2.05, 4.69) is 9.88 Å². The van der Waals surface area contributed by atoms with Crippen LogP contribution >= 0.6 is 0 Å². The summed E-state index contributed by atoms with van der Waals surface area (Å²) in [5.74, 6) is 0.0381. The Balaban J connectivity index is 2.11. The van der Waals surface area contributed by atoms with Crippen LogP contribution in [0.25, 0.3) is 10.8 Å². The highest BCUT2D eigenvalue weighted by Crippen LogP contribution is 2.28. The summed E-state index contributed by atoms with van der Waals surface area (Å²) in [7, 11) is 0. The van der Waals surface area contributed by atoms with E-state index in [0.717, 1.165) is 29.7 Å². The third-order valence-electron chi connectivity index (χ3n) is 3.92. The van der Waals surface area contributed by atoms with Gasteiger partial charge in [-0.15, -0.1) is 0 Å². The number of carboxylic acid groups (broad SMARTS) is 1. The van der Waals surface area contributed by atoms with Crippen molar-refractivity contribution in [2.24, 2.45) is 0 Å². The molecule has 1 N–H and O–H groups in total. The molecule has 0 amide bonds. The van der Waals surface area contributed by atoms with Crippen LogP contribution in [0.15, 0.2) is 30.5 Å². The molecule has 0 aliphatic carbocycles. The number of nitrogens with zero attached hydrogens (tertiary/aromatic N) is 2. The number of hydrogen-bond acceptors (Lipinski definition) is 3. The topological polar surface area (TPSA) is 53.4 Å². The first-order chi connectivity index (χ1) is 9.77. The van der Waals surface area contributed by atoms with E-state index in [9.17, 15) is 9.90 Å². The zero-order valence-electron chi connectivity index (χ0n) is 11.4. The largest absolute Gasteiger partial charge is 0.478 e. The van der Waals surface area contributed by atoms with Gasteiger partial charge in [0.25, 0.3) is 0 Å². The number of fused-ring (bicyclic) bond motifs is 1. The second kappa shape index (κ2) is 5.49. The summed E-state index contributed by atoms with van der Waals surface area (Å²) in [4.78, 5) is 18.1. The van der Waals surface area contributed by atoms with Gasteiger partial charge in [0.15, 0.2) is 0 Å². The Bertz CT molecular complexity index is 631. The number of carboxylic acids is 1. The van der Waals surface area contributed by atoms with E-state index in [0.29, 0.717) is 5.56 Å². The lowest BCUT2D eigenvalue weighted by Gasteiger charge is -2.23. The molecule has 0 radical (unpaired) electrons. The van der Waals surface area contributed by atoms with Crippen LogP contribution in [0, 0.1) is 0 Å². The van der Waals surface area contributed by atoms with Crippen molar-refractivity contribution < 1.29 is 9.90 Å². The monoisotopic (exact) mass is 270 g/mol. The van der Waals surface area contributed by atoms with E-state index < -0.39 is 5.97 Å². The number of pyridine rings is 1. The number of rotatable bonds is 2. The first-order valence-corrected chi connectivity index (χ1v) is 7.13. The second-order valence-corrected chi connectivity index (χ2v) is 5.24. The zero-order chi connectivity index (χ0) is 13.9. The number of aromatic carboxylic acids is 1. The predicted molar refractivity (Wildman–Crippen MR) is 79.4 cm³/mol. The maximum absolute atomic E-state index is 11.3. The molecule has 0 saturated carbocycles. The molecule has 2 heterocycles. The molecule has 1 aromatic carbocycles. The van der Waals surface area contributed by atoms with Crippen LogP contribution in [0.3, 0.4) is 0 Å². The standard InChI is InChI=1S/C16H18N2O2/c19-16(20)14-7-5-6-13-12(14)8-9-17-15(13)18-10-3-1-2-4-11-18/h5-9H,1-4,10-11H2,(H,19,20). The number of carbonyl (C=O) groups is 1. The van der Waals surface area contributed by atoms with Crippen molar-refractivity contribution in [2.45, 2.75) is 25.7 Å². The molecule has 104 valence electrons. The summed E-state index contributed by atoms with van der Waals surface area (Å²) in [5.41, 5.74) is 0.348. The van der Waals surface area contributed by atoms with Crippen molar-refractivity contribution in [1.82, 2.24) is 4.98 Å². The average Bonchev–Trinajstić information content (AvgIpc) is 2.74. The van der Waals surface area contributed by atoms with Crippen LogP contribution in [-0.2, 0) is 0 Å². The van der Waals surface area contributed by atoms with Gasteiger partial charge in [-0.05, 0) is 25.0 Å². The van der Waals surface area contributed by atoms with Gasteiger partial charge in [0.2, 0.25) is 0 Å². The second-order valence-electron chi connectivity index (χ2n) is 5.24. The van der Waals surface area contributed by atoms with Crippen LogP contribution in [0.4, 0.5) is 5.82 Å². The fourth-order valence-corrected chi connectivity index (χ4v) is 2.91. The maximum atomic E-state index is 11.3. The van der Waals surface area contributed by atoms with Crippen molar-refractivity contribution in [3.63, 3.8) is 0 Å². The van der Waals surface area contributed by atoms with Crippen LogP contribution in [0.5, 0.6) is 0 Å². The highest BCUT2D eigenvalue weighted by Gasteiger charge is 2.16. The van der Waals surface area contributed by atoms with E-state index in [1.165, 1.54) is 25.7 Å². The fourth-order valence-electron chi connectivity index (χ4n) is 2.91. The summed E-state index contributed by atoms with van der Waals surface area (Å²) in [5, 5.41) is 11.0. The molecule has 0 atom stereocenters. The van der Waals surface area contributed by atoms with Gasteiger partial charge in [-0.1, -0.05) is 25.0 Å². The van der Waals surface area contributed by atoms with Gasteiger partial charge >= 0.3 is 5.97 Å². The quantitative estimate of drug-likeness (QED) is 0.909. The minimum atomic E-state index is -0.886. The van der Waals surface area contributed by atoms with Crippen molar-refractivity contribution in [2.75, 3.05) is 18.0 Å². The predicted octanol–water partition coefficient (Wildman–Crippen LogP) is 3.31. The molecular weight excluding hydrogens is 252 g/mol. The van der Waals surface area contributed by atoms with E-state index >= 15 is 0 Å². The Labute approximate surface area is 118 Å². The summed E-state index contributed by atoms with van der Waals surface area (Å²) in [6.45, 7) is 2.01. The molecule has 0 unspecified atom stereocenters. The Morgan fingerprint density at radius 3 is 2.50 bits per heavy atom.